The molecule has 2 unspecified atom stereocenters. The average molecular weight is 249 g/mol. The Kier molecular flexibility index (Phi) is 5.32. The Morgan fingerprint density at radius 2 is 1.82 bits per heavy atom. The predicted octanol–water partition coefficient (Wildman–Crippen LogP) is 2.79. The summed E-state index contributed by atoms with van der Waals surface area (Å²) in [5, 5.41) is 10.2. The zero-order valence-corrected chi connectivity index (χ0v) is 10.8. The minimum absolute atomic E-state index is 0.00178. The fraction of sp³-hybridized carbons (Fsp3) is 1.00. The lowest BCUT2D eigenvalue weighted by Crippen LogP contribution is -2.38. The van der Waals surface area contributed by atoms with E-state index in [0.29, 0.717) is 25.3 Å². The third kappa shape index (κ3) is 4.51. The summed E-state index contributed by atoms with van der Waals surface area (Å²) in [5.41, 5.74) is 5.67. The molecule has 102 valence electrons. The molecule has 0 amide bonds. The molecule has 4 heteroatoms. The van der Waals surface area contributed by atoms with E-state index in [4.69, 9.17) is 5.73 Å². The van der Waals surface area contributed by atoms with Gasteiger partial charge < -0.3 is 10.8 Å². The van der Waals surface area contributed by atoms with Crippen LogP contribution in [0, 0.1) is 17.8 Å². The van der Waals surface area contributed by atoms with Crippen LogP contribution in [-0.4, -0.2) is 23.7 Å². The van der Waals surface area contributed by atoms with E-state index in [1.807, 2.05) is 0 Å². The highest BCUT2D eigenvalue weighted by molar-refractivity contribution is 4.85. The van der Waals surface area contributed by atoms with Crippen LogP contribution in [0.25, 0.3) is 0 Å². The van der Waals surface area contributed by atoms with Crippen molar-refractivity contribution >= 4 is 0 Å². The van der Waals surface area contributed by atoms with E-state index in [2.05, 4.69) is 13.8 Å². The number of alkyl halides is 2. The fourth-order valence-electron chi connectivity index (χ4n) is 2.77. The van der Waals surface area contributed by atoms with E-state index in [0.717, 1.165) is 6.42 Å². The molecule has 0 aromatic carbocycles. The summed E-state index contributed by atoms with van der Waals surface area (Å²) in [6.07, 6.45) is 1.01. The molecular formula is C13H25F2NO. The van der Waals surface area contributed by atoms with Crippen molar-refractivity contribution in [2.24, 2.45) is 23.5 Å². The first-order valence-electron chi connectivity index (χ1n) is 6.61. The second-order valence-corrected chi connectivity index (χ2v) is 5.81. The smallest absolute Gasteiger partial charge is 0.248 e. The molecule has 0 aromatic rings. The molecule has 0 saturated heterocycles. The molecule has 1 fully saturated rings. The van der Waals surface area contributed by atoms with Crippen molar-refractivity contribution in [3.63, 3.8) is 0 Å². The summed E-state index contributed by atoms with van der Waals surface area (Å²) >= 11 is 0. The van der Waals surface area contributed by atoms with Crippen molar-refractivity contribution in [3.8, 4) is 0 Å². The SMILES string of the molecule is CC(C)CC(CN)C(O)C1CCC(F)(F)CC1. The number of nitrogens with two attached hydrogens (primary N) is 1. The number of aliphatic hydroxyl groups is 1. The van der Waals surface area contributed by atoms with Crippen LogP contribution in [0.15, 0.2) is 0 Å². The second kappa shape index (κ2) is 6.10. The first-order chi connectivity index (χ1) is 7.85. The second-order valence-electron chi connectivity index (χ2n) is 5.81. The Morgan fingerprint density at radius 3 is 2.24 bits per heavy atom. The highest BCUT2D eigenvalue weighted by Gasteiger charge is 2.38. The van der Waals surface area contributed by atoms with Crippen molar-refractivity contribution in [1.82, 2.24) is 0 Å². The Balaban J connectivity index is 2.48. The zero-order valence-electron chi connectivity index (χ0n) is 10.8. The predicted molar refractivity (Wildman–Crippen MR) is 64.9 cm³/mol. The monoisotopic (exact) mass is 249 g/mol. The molecule has 3 N–H and O–H groups in total. The summed E-state index contributed by atoms with van der Waals surface area (Å²) in [7, 11) is 0. The zero-order chi connectivity index (χ0) is 13.1. The first kappa shape index (κ1) is 14.8. The lowest BCUT2D eigenvalue weighted by molar-refractivity contribution is -0.0709. The van der Waals surface area contributed by atoms with Gasteiger partial charge in [-0.15, -0.1) is 0 Å². The quantitative estimate of drug-likeness (QED) is 0.787. The Labute approximate surface area is 103 Å². The Hall–Kier alpha value is -0.220. The van der Waals surface area contributed by atoms with Gasteiger partial charge in [0.25, 0.3) is 0 Å². The van der Waals surface area contributed by atoms with Gasteiger partial charge in [0.2, 0.25) is 5.92 Å². The van der Waals surface area contributed by atoms with Gasteiger partial charge in [-0.05, 0) is 43.6 Å². The first-order valence-corrected chi connectivity index (χ1v) is 6.61. The number of hydrogen-bond donors (Lipinski definition) is 2. The summed E-state index contributed by atoms with van der Waals surface area (Å²) < 4.78 is 26.1. The number of hydrogen-bond acceptors (Lipinski definition) is 2. The van der Waals surface area contributed by atoms with Crippen molar-refractivity contribution in [1.29, 1.82) is 0 Å². The summed E-state index contributed by atoms with van der Waals surface area (Å²) in [6, 6.07) is 0. The number of rotatable bonds is 5. The highest BCUT2D eigenvalue weighted by atomic mass is 19.3. The molecule has 0 heterocycles. The van der Waals surface area contributed by atoms with Crippen LogP contribution in [0.5, 0.6) is 0 Å². The Morgan fingerprint density at radius 1 is 1.29 bits per heavy atom. The van der Waals surface area contributed by atoms with E-state index in [1.165, 1.54) is 0 Å². The van der Waals surface area contributed by atoms with E-state index in [9.17, 15) is 13.9 Å². The van der Waals surface area contributed by atoms with Crippen LogP contribution in [0.4, 0.5) is 8.78 Å². The molecule has 0 aliphatic heterocycles. The van der Waals surface area contributed by atoms with Crippen LogP contribution in [0.3, 0.4) is 0 Å². The van der Waals surface area contributed by atoms with Gasteiger partial charge in [-0.3, -0.25) is 0 Å². The van der Waals surface area contributed by atoms with Crippen molar-refractivity contribution in [3.05, 3.63) is 0 Å². The van der Waals surface area contributed by atoms with Gasteiger partial charge in [0.05, 0.1) is 6.10 Å². The van der Waals surface area contributed by atoms with Crippen molar-refractivity contribution in [2.75, 3.05) is 6.54 Å². The third-order valence-electron chi connectivity index (χ3n) is 3.80. The van der Waals surface area contributed by atoms with Crippen LogP contribution in [0.2, 0.25) is 0 Å². The Bertz CT molecular complexity index is 223. The molecule has 0 spiro atoms. The molecule has 1 saturated carbocycles. The van der Waals surface area contributed by atoms with Crippen LogP contribution in [-0.2, 0) is 0 Å². The molecule has 2 atom stereocenters. The van der Waals surface area contributed by atoms with Gasteiger partial charge in [0.1, 0.15) is 0 Å². The third-order valence-corrected chi connectivity index (χ3v) is 3.80. The van der Waals surface area contributed by atoms with Gasteiger partial charge in [0.15, 0.2) is 0 Å². The maximum atomic E-state index is 13.0. The molecule has 1 rings (SSSR count). The van der Waals surface area contributed by atoms with Gasteiger partial charge >= 0.3 is 0 Å². The van der Waals surface area contributed by atoms with Crippen LogP contribution < -0.4 is 5.73 Å². The van der Waals surface area contributed by atoms with E-state index >= 15 is 0 Å². The topological polar surface area (TPSA) is 46.2 Å². The largest absolute Gasteiger partial charge is 0.393 e. The average Bonchev–Trinajstić information content (AvgIpc) is 2.24. The number of aliphatic hydroxyl groups excluding tert-OH is 1. The molecule has 17 heavy (non-hydrogen) atoms. The van der Waals surface area contributed by atoms with Gasteiger partial charge in [-0.2, -0.15) is 0 Å². The minimum Gasteiger partial charge on any atom is -0.393 e. The van der Waals surface area contributed by atoms with Gasteiger partial charge in [-0.25, -0.2) is 8.78 Å². The van der Waals surface area contributed by atoms with Crippen LogP contribution in [0.1, 0.15) is 46.0 Å². The standard InChI is InChI=1S/C13H25F2NO/c1-9(2)7-11(8-16)12(17)10-3-5-13(14,15)6-4-10/h9-12,17H,3-8,16H2,1-2H3. The molecular weight excluding hydrogens is 224 g/mol. The molecule has 0 bridgehead atoms. The highest BCUT2D eigenvalue weighted by Crippen LogP contribution is 2.39. The lowest BCUT2D eigenvalue weighted by Gasteiger charge is -2.35. The van der Waals surface area contributed by atoms with E-state index < -0.39 is 12.0 Å². The molecule has 0 radical (unpaired) electrons. The maximum Gasteiger partial charge on any atom is 0.248 e. The summed E-state index contributed by atoms with van der Waals surface area (Å²) in [4.78, 5) is 0. The van der Waals surface area contributed by atoms with E-state index in [-0.39, 0.29) is 24.7 Å². The number of halogens is 2. The normalized spacial score (nSPS) is 24.9. The van der Waals surface area contributed by atoms with Crippen molar-refractivity contribution < 1.29 is 13.9 Å². The minimum atomic E-state index is -2.52. The summed E-state index contributed by atoms with van der Waals surface area (Å²) in [6.45, 7) is 4.61. The fourth-order valence-corrected chi connectivity index (χ4v) is 2.77. The lowest BCUT2D eigenvalue weighted by atomic mass is 9.77. The van der Waals surface area contributed by atoms with E-state index in [1.54, 1.807) is 0 Å². The van der Waals surface area contributed by atoms with Gasteiger partial charge in [0, 0.05) is 12.8 Å². The van der Waals surface area contributed by atoms with Gasteiger partial charge in [-0.1, -0.05) is 13.8 Å². The van der Waals surface area contributed by atoms with Crippen molar-refractivity contribution in [2.45, 2.75) is 58.0 Å². The molecule has 1 aliphatic carbocycles. The van der Waals surface area contributed by atoms with Crippen LogP contribution >= 0.6 is 0 Å². The summed E-state index contributed by atoms with van der Waals surface area (Å²) in [5.74, 6) is -2.00. The maximum absolute atomic E-state index is 13.0. The molecule has 0 aromatic heterocycles. The molecule has 1 aliphatic rings. The molecule has 2 nitrogen and oxygen atoms in total.